The van der Waals surface area contributed by atoms with Crippen molar-refractivity contribution in [2.24, 2.45) is 0 Å². The largest absolute Gasteiger partial charge is 0.497 e. The van der Waals surface area contributed by atoms with Crippen LogP contribution in [-0.2, 0) is 6.42 Å². The van der Waals surface area contributed by atoms with Crippen LogP contribution >= 0.6 is 0 Å². The second kappa shape index (κ2) is 8.11. The van der Waals surface area contributed by atoms with Crippen molar-refractivity contribution >= 4 is 0 Å². The minimum Gasteiger partial charge on any atom is -0.497 e. The number of benzene rings is 2. The molecule has 1 atom stereocenters. The van der Waals surface area contributed by atoms with Crippen LogP contribution in [0.3, 0.4) is 0 Å². The maximum absolute atomic E-state index is 9.16. The summed E-state index contributed by atoms with van der Waals surface area (Å²) in [5.74, 6) is 1.59. The maximum atomic E-state index is 9.16. The lowest BCUT2D eigenvalue weighted by molar-refractivity contribution is 0.414. The second-order valence-corrected chi connectivity index (χ2v) is 5.83. The molecule has 2 aromatic carbocycles. The first-order valence-corrected chi connectivity index (χ1v) is 8.27. The Balaban J connectivity index is 1.70. The van der Waals surface area contributed by atoms with Gasteiger partial charge >= 0.3 is 0 Å². The first kappa shape index (κ1) is 16.7. The molecule has 25 heavy (non-hydrogen) atoms. The van der Waals surface area contributed by atoms with E-state index in [2.05, 4.69) is 28.3 Å². The predicted molar refractivity (Wildman–Crippen MR) is 95.6 cm³/mol. The summed E-state index contributed by atoms with van der Waals surface area (Å²) in [5.41, 5.74) is 2.18. The minimum atomic E-state index is 0.0251. The fraction of sp³-hybridized carbons (Fsp3) is 0.250. The van der Waals surface area contributed by atoms with Crippen LogP contribution in [0.2, 0.25) is 0 Å². The van der Waals surface area contributed by atoms with E-state index < -0.39 is 0 Å². The molecule has 126 valence electrons. The summed E-state index contributed by atoms with van der Waals surface area (Å²) in [7, 11) is 1.66. The van der Waals surface area contributed by atoms with Gasteiger partial charge in [-0.2, -0.15) is 10.4 Å². The zero-order chi connectivity index (χ0) is 17.5. The van der Waals surface area contributed by atoms with Crippen LogP contribution in [0.15, 0.2) is 60.9 Å². The van der Waals surface area contributed by atoms with Gasteiger partial charge in [0.15, 0.2) is 5.82 Å². The third-order valence-corrected chi connectivity index (χ3v) is 4.17. The second-order valence-electron chi connectivity index (χ2n) is 5.83. The monoisotopic (exact) mass is 332 g/mol. The lowest BCUT2D eigenvalue weighted by atomic mass is 9.96. The number of aryl methyl sites for hydroxylation is 1. The standard InChI is InChI=1S/C20H20N4O/c1-25-19-11-8-16(9-12-19)7-10-17(13-14-21)20-22-15-24(23-20)18-5-3-2-4-6-18/h2-6,8-9,11-12,15,17H,7,10,13H2,1H3. The van der Waals surface area contributed by atoms with Crippen LogP contribution < -0.4 is 4.74 Å². The van der Waals surface area contributed by atoms with E-state index in [9.17, 15) is 0 Å². The summed E-state index contributed by atoms with van der Waals surface area (Å²) in [4.78, 5) is 4.43. The third kappa shape index (κ3) is 4.24. The Morgan fingerprint density at radius 3 is 2.56 bits per heavy atom. The minimum absolute atomic E-state index is 0.0251. The number of ether oxygens (including phenoxy) is 1. The van der Waals surface area contributed by atoms with E-state index in [1.54, 1.807) is 18.1 Å². The van der Waals surface area contributed by atoms with Gasteiger partial charge in [-0.25, -0.2) is 9.67 Å². The van der Waals surface area contributed by atoms with Crippen LogP contribution in [0.5, 0.6) is 5.75 Å². The molecule has 0 aliphatic carbocycles. The van der Waals surface area contributed by atoms with Gasteiger partial charge in [-0.1, -0.05) is 30.3 Å². The summed E-state index contributed by atoms with van der Waals surface area (Å²) < 4.78 is 6.94. The zero-order valence-electron chi connectivity index (χ0n) is 14.2. The number of hydrogen-bond donors (Lipinski definition) is 0. The van der Waals surface area contributed by atoms with Crippen molar-refractivity contribution in [2.75, 3.05) is 7.11 Å². The Kier molecular flexibility index (Phi) is 5.43. The van der Waals surface area contributed by atoms with E-state index in [1.807, 2.05) is 42.5 Å². The Bertz CT molecular complexity index is 834. The molecule has 0 radical (unpaired) electrons. The molecule has 0 aliphatic heterocycles. The van der Waals surface area contributed by atoms with E-state index >= 15 is 0 Å². The average Bonchev–Trinajstić information content (AvgIpc) is 3.16. The van der Waals surface area contributed by atoms with E-state index in [1.165, 1.54) is 5.56 Å². The van der Waals surface area contributed by atoms with Crippen molar-refractivity contribution in [1.82, 2.24) is 14.8 Å². The molecule has 1 aromatic heterocycles. The van der Waals surface area contributed by atoms with Gasteiger partial charge in [0.1, 0.15) is 12.1 Å². The van der Waals surface area contributed by atoms with E-state index in [4.69, 9.17) is 10.00 Å². The van der Waals surface area contributed by atoms with Gasteiger partial charge in [-0.05, 0) is 42.7 Å². The number of hydrogen-bond acceptors (Lipinski definition) is 4. The molecule has 5 heteroatoms. The smallest absolute Gasteiger partial charge is 0.155 e. The lowest BCUT2D eigenvalue weighted by Crippen LogP contribution is -2.04. The van der Waals surface area contributed by atoms with Gasteiger partial charge in [-0.3, -0.25) is 0 Å². The molecule has 5 nitrogen and oxygen atoms in total. The number of aromatic nitrogens is 3. The normalized spacial score (nSPS) is 11.7. The van der Waals surface area contributed by atoms with E-state index in [-0.39, 0.29) is 5.92 Å². The molecule has 1 heterocycles. The van der Waals surface area contributed by atoms with E-state index in [0.717, 1.165) is 30.1 Å². The molecule has 1 unspecified atom stereocenters. The summed E-state index contributed by atoms with van der Waals surface area (Å²) in [6.45, 7) is 0. The first-order chi connectivity index (χ1) is 12.3. The lowest BCUT2D eigenvalue weighted by Gasteiger charge is -2.10. The molecule has 0 amide bonds. The molecular weight excluding hydrogens is 312 g/mol. The summed E-state index contributed by atoms with van der Waals surface area (Å²) in [6.07, 6.45) is 3.83. The summed E-state index contributed by atoms with van der Waals surface area (Å²) in [5, 5.41) is 13.7. The third-order valence-electron chi connectivity index (χ3n) is 4.17. The van der Waals surface area contributed by atoms with Crippen LogP contribution in [0.4, 0.5) is 0 Å². The van der Waals surface area contributed by atoms with Crippen molar-refractivity contribution in [3.8, 4) is 17.5 Å². The van der Waals surface area contributed by atoms with Crippen molar-refractivity contribution in [2.45, 2.75) is 25.2 Å². The molecule has 0 saturated heterocycles. The average molecular weight is 332 g/mol. The first-order valence-electron chi connectivity index (χ1n) is 8.27. The quantitative estimate of drug-likeness (QED) is 0.658. The molecule has 0 aliphatic rings. The van der Waals surface area contributed by atoms with Crippen molar-refractivity contribution in [3.63, 3.8) is 0 Å². The number of methoxy groups -OCH3 is 1. The Morgan fingerprint density at radius 2 is 1.88 bits per heavy atom. The number of rotatable bonds is 7. The van der Waals surface area contributed by atoms with Crippen molar-refractivity contribution in [3.05, 3.63) is 72.3 Å². The van der Waals surface area contributed by atoms with Crippen molar-refractivity contribution < 1.29 is 4.74 Å². The van der Waals surface area contributed by atoms with Crippen molar-refractivity contribution in [1.29, 1.82) is 5.26 Å². The predicted octanol–water partition coefficient (Wildman–Crippen LogP) is 3.91. The molecule has 0 bridgehead atoms. The Morgan fingerprint density at radius 1 is 1.12 bits per heavy atom. The fourth-order valence-electron chi connectivity index (χ4n) is 2.73. The van der Waals surface area contributed by atoms with Gasteiger partial charge in [0, 0.05) is 12.3 Å². The number of nitrogens with zero attached hydrogens (tertiary/aromatic N) is 4. The molecule has 0 saturated carbocycles. The number of para-hydroxylation sites is 1. The van der Waals surface area contributed by atoms with Gasteiger partial charge < -0.3 is 4.74 Å². The van der Waals surface area contributed by atoms with Gasteiger partial charge in [0.05, 0.1) is 18.9 Å². The Labute approximate surface area is 147 Å². The molecule has 3 rings (SSSR count). The molecule has 0 N–H and O–H groups in total. The van der Waals surface area contributed by atoms with Gasteiger partial charge in [0.25, 0.3) is 0 Å². The van der Waals surface area contributed by atoms with Crippen LogP contribution in [-0.4, -0.2) is 21.9 Å². The van der Waals surface area contributed by atoms with Gasteiger partial charge in [0.2, 0.25) is 0 Å². The Hall–Kier alpha value is -3.13. The fourth-order valence-corrected chi connectivity index (χ4v) is 2.73. The maximum Gasteiger partial charge on any atom is 0.155 e. The highest BCUT2D eigenvalue weighted by molar-refractivity contribution is 5.30. The highest BCUT2D eigenvalue weighted by Crippen LogP contribution is 2.23. The van der Waals surface area contributed by atoms with Crippen LogP contribution in [0.1, 0.15) is 30.1 Å². The topological polar surface area (TPSA) is 63.7 Å². The summed E-state index contributed by atoms with van der Waals surface area (Å²) >= 11 is 0. The number of nitriles is 1. The van der Waals surface area contributed by atoms with Crippen LogP contribution in [0.25, 0.3) is 5.69 Å². The molecular formula is C20H20N4O. The van der Waals surface area contributed by atoms with Crippen LogP contribution in [0, 0.1) is 11.3 Å². The highest BCUT2D eigenvalue weighted by Gasteiger charge is 2.16. The summed E-state index contributed by atoms with van der Waals surface area (Å²) in [6, 6.07) is 20.1. The van der Waals surface area contributed by atoms with Gasteiger partial charge in [-0.15, -0.1) is 0 Å². The molecule has 0 spiro atoms. The zero-order valence-corrected chi connectivity index (χ0v) is 14.2. The van der Waals surface area contributed by atoms with E-state index in [0.29, 0.717) is 6.42 Å². The molecule has 3 aromatic rings. The SMILES string of the molecule is COc1ccc(CCC(CC#N)c2ncn(-c3ccccc3)n2)cc1. The molecule has 0 fully saturated rings. The highest BCUT2D eigenvalue weighted by atomic mass is 16.5.